The molecule has 0 heterocycles. The van der Waals surface area contributed by atoms with E-state index in [9.17, 15) is 49.7 Å². The summed E-state index contributed by atoms with van der Waals surface area (Å²) < 4.78 is 115. The molecule has 0 atom stereocenters. The highest BCUT2D eigenvalue weighted by Gasteiger charge is 2.81. The van der Waals surface area contributed by atoms with Gasteiger partial charge in [0.25, 0.3) is 0 Å². The second-order valence-electron chi connectivity index (χ2n) is 6.27. The zero-order valence-electron chi connectivity index (χ0n) is 12.9. The van der Waals surface area contributed by atoms with E-state index in [1.165, 1.54) is 0 Å². The zero-order valence-corrected chi connectivity index (χ0v) is 12.9. The minimum Gasteiger partial charge on any atom is -0.396 e. The maximum absolute atomic E-state index is 13.5. The summed E-state index contributed by atoms with van der Waals surface area (Å²) in [5.74, 6) is -19.6. The van der Waals surface area contributed by atoms with E-state index in [-0.39, 0.29) is 12.3 Å². The van der Waals surface area contributed by atoms with Gasteiger partial charge in [-0.25, -0.2) is 0 Å². The van der Waals surface area contributed by atoms with E-state index in [0.29, 0.717) is 0 Å². The van der Waals surface area contributed by atoms with Gasteiger partial charge >= 0.3 is 23.9 Å². The Morgan fingerprint density at radius 3 is 1.42 bits per heavy atom. The van der Waals surface area contributed by atoms with Gasteiger partial charge in [-0.15, -0.1) is 0 Å². The number of halogens is 9. The van der Waals surface area contributed by atoms with E-state index in [0.717, 1.165) is 0 Å². The molecule has 24 heavy (non-hydrogen) atoms. The molecule has 0 aromatic rings. The maximum atomic E-state index is 13.5. The molecular formula is C13H19F9O2. The van der Waals surface area contributed by atoms with Gasteiger partial charge in [-0.1, -0.05) is 13.8 Å². The molecule has 0 unspecified atom stereocenters. The first-order valence-electron chi connectivity index (χ1n) is 6.91. The number of aliphatic hydroxyl groups is 2. The molecule has 0 rings (SSSR count). The van der Waals surface area contributed by atoms with Gasteiger partial charge < -0.3 is 10.2 Å². The summed E-state index contributed by atoms with van der Waals surface area (Å²) in [5.41, 5.74) is -1.69. The summed E-state index contributed by atoms with van der Waals surface area (Å²) in [5, 5.41) is 18.4. The van der Waals surface area contributed by atoms with Crippen LogP contribution in [0.15, 0.2) is 0 Å². The van der Waals surface area contributed by atoms with Crippen molar-refractivity contribution in [1.82, 2.24) is 0 Å². The second-order valence-corrected chi connectivity index (χ2v) is 6.27. The number of alkyl halides is 9. The molecule has 0 fully saturated rings. The van der Waals surface area contributed by atoms with Crippen LogP contribution in [0.1, 0.15) is 33.1 Å². The number of hydrogen-bond acceptors (Lipinski definition) is 2. The Morgan fingerprint density at radius 1 is 0.708 bits per heavy atom. The van der Waals surface area contributed by atoms with Gasteiger partial charge in [-0.3, -0.25) is 0 Å². The average molecular weight is 378 g/mol. The van der Waals surface area contributed by atoms with Crippen LogP contribution >= 0.6 is 0 Å². The Kier molecular flexibility index (Phi) is 7.05. The van der Waals surface area contributed by atoms with Crippen LogP contribution in [0.5, 0.6) is 0 Å². The highest BCUT2D eigenvalue weighted by molar-refractivity contribution is 5.01. The predicted octanol–water partition coefficient (Wildman–Crippen LogP) is 4.25. The first-order chi connectivity index (χ1) is 10.5. The third-order valence-electron chi connectivity index (χ3n) is 3.69. The van der Waals surface area contributed by atoms with E-state index in [1.54, 1.807) is 13.8 Å². The Morgan fingerprint density at radius 2 is 1.12 bits per heavy atom. The van der Waals surface area contributed by atoms with Gasteiger partial charge in [0.2, 0.25) is 0 Å². The molecule has 0 aliphatic carbocycles. The van der Waals surface area contributed by atoms with Crippen LogP contribution in [0.4, 0.5) is 39.5 Å². The molecule has 0 aliphatic heterocycles. The van der Waals surface area contributed by atoms with Crippen molar-refractivity contribution in [3.05, 3.63) is 0 Å². The van der Waals surface area contributed by atoms with Gasteiger partial charge in [-0.2, -0.15) is 39.5 Å². The molecule has 0 bridgehead atoms. The van der Waals surface area contributed by atoms with Crippen LogP contribution < -0.4 is 0 Å². The van der Waals surface area contributed by atoms with Crippen molar-refractivity contribution >= 4 is 0 Å². The molecule has 11 heteroatoms. The van der Waals surface area contributed by atoms with Crippen molar-refractivity contribution < 1.29 is 49.7 Å². The fourth-order valence-electron chi connectivity index (χ4n) is 2.29. The van der Waals surface area contributed by atoms with Gasteiger partial charge in [0.15, 0.2) is 0 Å². The molecule has 146 valence electrons. The fraction of sp³-hybridized carbons (Fsp3) is 1.00. The molecule has 2 N–H and O–H groups in total. The minimum atomic E-state index is -6.93. The van der Waals surface area contributed by atoms with Crippen LogP contribution in [-0.2, 0) is 0 Å². The van der Waals surface area contributed by atoms with Crippen molar-refractivity contribution in [2.24, 2.45) is 11.3 Å². The third kappa shape index (κ3) is 4.47. The normalized spacial score (nSPS) is 15.2. The van der Waals surface area contributed by atoms with Gasteiger partial charge in [0.05, 0.1) is 13.2 Å². The summed E-state index contributed by atoms with van der Waals surface area (Å²) in [6.07, 6.45) is -10.1. The third-order valence-corrected chi connectivity index (χ3v) is 3.69. The molecule has 0 amide bonds. The molecule has 0 aromatic heterocycles. The Hall–Kier alpha value is -0.710. The van der Waals surface area contributed by atoms with Crippen molar-refractivity contribution in [3.63, 3.8) is 0 Å². The Bertz CT molecular complexity index is 401. The first kappa shape index (κ1) is 23.3. The lowest BCUT2D eigenvalue weighted by molar-refractivity contribution is -0.397. The van der Waals surface area contributed by atoms with E-state index >= 15 is 0 Å². The maximum Gasteiger partial charge on any atom is 0.460 e. The van der Waals surface area contributed by atoms with Crippen LogP contribution in [0.2, 0.25) is 0 Å². The van der Waals surface area contributed by atoms with E-state index in [4.69, 9.17) is 0 Å². The quantitative estimate of drug-likeness (QED) is 0.589. The summed E-state index contributed by atoms with van der Waals surface area (Å²) in [7, 11) is 0. The summed E-state index contributed by atoms with van der Waals surface area (Å²) in [6, 6.07) is 0. The lowest BCUT2D eigenvalue weighted by Gasteiger charge is -2.37. The molecule has 0 radical (unpaired) electrons. The molecule has 0 spiro atoms. The lowest BCUT2D eigenvalue weighted by Crippen LogP contribution is -2.61. The van der Waals surface area contributed by atoms with Crippen LogP contribution in [0.25, 0.3) is 0 Å². The van der Waals surface area contributed by atoms with Crippen molar-refractivity contribution in [2.75, 3.05) is 13.2 Å². The van der Waals surface area contributed by atoms with Gasteiger partial charge in [0.1, 0.15) is 0 Å². The fourth-order valence-corrected chi connectivity index (χ4v) is 2.29. The van der Waals surface area contributed by atoms with Crippen molar-refractivity contribution in [3.8, 4) is 0 Å². The molecule has 0 aliphatic rings. The molecule has 0 saturated heterocycles. The topological polar surface area (TPSA) is 40.5 Å². The predicted molar refractivity (Wildman–Crippen MR) is 66.2 cm³/mol. The molecule has 0 saturated carbocycles. The standard InChI is InChI=1S/C13H19F9O2/c1-8(2)5-9(6-23,7-24)3-4-10(14,15)11(16,17)12(18,19)13(20,21)22/h8,23-24H,3-7H2,1-2H3. The summed E-state index contributed by atoms with van der Waals surface area (Å²) in [6.45, 7) is 1.28. The molecule has 0 aromatic carbocycles. The smallest absolute Gasteiger partial charge is 0.396 e. The lowest BCUT2D eigenvalue weighted by atomic mass is 9.76. The largest absolute Gasteiger partial charge is 0.460 e. The summed E-state index contributed by atoms with van der Waals surface area (Å²) >= 11 is 0. The van der Waals surface area contributed by atoms with Crippen LogP contribution in [0.3, 0.4) is 0 Å². The highest BCUT2D eigenvalue weighted by atomic mass is 19.4. The van der Waals surface area contributed by atoms with Crippen molar-refractivity contribution in [2.45, 2.75) is 57.1 Å². The zero-order chi connectivity index (χ0) is 19.6. The Labute approximate surface area is 132 Å². The monoisotopic (exact) mass is 378 g/mol. The average Bonchev–Trinajstić information content (AvgIpc) is 2.41. The number of hydrogen-bond donors (Lipinski definition) is 2. The van der Waals surface area contributed by atoms with E-state index < -0.39 is 55.4 Å². The molecule has 2 nitrogen and oxygen atoms in total. The van der Waals surface area contributed by atoms with Gasteiger partial charge in [0, 0.05) is 11.8 Å². The first-order valence-corrected chi connectivity index (χ1v) is 6.91. The van der Waals surface area contributed by atoms with E-state index in [2.05, 4.69) is 0 Å². The second kappa shape index (κ2) is 7.27. The Balaban J connectivity index is 5.46. The van der Waals surface area contributed by atoms with Gasteiger partial charge in [-0.05, 0) is 18.8 Å². The minimum absolute atomic E-state index is 0.114. The number of aliphatic hydroxyl groups excluding tert-OH is 2. The summed E-state index contributed by atoms with van der Waals surface area (Å²) in [4.78, 5) is 0. The SMILES string of the molecule is CC(C)CC(CO)(CO)CCC(F)(F)C(F)(F)C(F)(F)C(F)(F)F. The number of rotatable bonds is 9. The molecular weight excluding hydrogens is 359 g/mol. The highest BCUT2D eigenvalue weighted by Crippen LogP contribution is 2.55. The van der Waals surface area contributed by atoms with E-state index in [1.807, 2.05) is 0 Å². The van der Waals surface area contributed by atoms with Crippen LogP contribution in [0, 0.1) is 11.3 Å². The van der Waals surface area contributed by atoms with Crippen molar-refractivity contribution in [1.29, 1.82) is 0 Å². The van der Waals surface area contributed by atoms with Crippen LogP contribution in [-0.4, -0.2) is 47.4 Å².